The largest absolute Gasteiger partial charge is 0.469 e. The van der Waals surface area contributed by atoms with Gasteiger partial charge in [0.25, 0.3) is 0 Å². The van der Waals surface area contributed by atoms with E-state index in [0.29, 0.717) is 11.5 Å². The summed E-state index contributed by atoms with van der Waals surface area (Å²) < 4.78 is 21.6. The lowest BCUT2D eigenvalue weighted by atomic mass is 10.4. The van der Waals surface area contributed by atoms with Crippen LogP contribution in [0, 0.1) is 0 Å². The van der Waals surface area contributed by atoms with Gasteiger partial charge in [0.2, 0.25) is 0 Å². The number of hydrogen-bond acceptors (Lipinski definition) is 6. The van der Waals surface area contributed by atoms with E-state index in [1.165, 1.54) is 6.33 Å². The predicted octanol–water partition coefficient (Wildman–Crippen LogP) is 0.0969. The number of aromatic nitrogens is 3. The fraction of sp³-hybridized carbons (Fsp3) is 0.333. The average molecular weight is 288 g/mol. The maximum absolute atomic E-state index is 10.4. The third-order valence-electron chi connectivity index (χ3n) is 2.30. The van der Waals surface area contributed by atoms with Crippen molar-refractivity contribution >= 4 is 24.7 Å². The number of anilines is 1. The normalized spacial score (nSPS) is 12.1. The quantitative estimate of drug-likeness (QED) is 0.503. The minimum absolute atomic E-state index is 0.0470. The Morgan fingerprint density at radius 3 is 2.89 bits per heavy atom. The van der Waals surface area contributed by atoms with Crippen molar-refractivity contribution in [3.05, 3.63) is 18.6 Å². The first-order valence-electron chi connectivity index (χ1n) is 5.30. The smallest absolute Gasteiger partial charge is 0.383 e. The molecule has 0 saturated carbocycles. The minimum atomic E-state index is -4.44. The molecule has 2 aromatic rings. The highest BCUT2D eigenvalue weighted by molar-refractivity contribution is 7.46. The molecule has 0 amide bonds. The van der Waals surface area contributed by atoms with Crippen molar-refractivity contribution in [1.82, 2.24) is 14.5 Å². The molecule has 0 aliphatic carbocycles. The van der Waals surface area contributed by atoms with E-state index in [1.54, 1.807) is 16.8 Å². The van der Waals surface area contributed by atoms with Crippen molar-refractivity contribution in [2.24, 2.45) is 0 Å². The highest BCUT2D eigenvalue weighted by atomic mass is 31.2. The van der Waals surface area contributed by atoms with E-state index in [9.17, 15) is 4.57 Å². The molecule has 0 bridgehead atoms. The second-order valence-corrected chi connectivity index (χ2v) is 4.88. The number of nitrogen functional groups attached to an aromatic ring is 1. The summed E-state index contributed by atoms with van der Waals surface area (Å²) in [5.41, 5.74) is 6.31. The van der Waals surface area contributed by atoms with E-state index in [4.69, 9.17) is 20.3 Å². The lowest BCUT2D eigenvalue weighted by Gasteiger charge is -2.07. The van der Waals surface area contributed by atoms with Crippen molar-refractivity contribution in [3.8, 4) is 0 Å². The summed E-state index contributed by atoms with van der Waals surface area (Å²) >= 11 is 0. The predicted molar refractivity (Wildman–Crippen MR) is 65.9 cm³/mol. The molecule has 0 aliphatic rings. The zero-order valence-corrected chi connectivity index (χ0v) is 10.7. The fourth-order valence-corrected chi connectivity index (χ4v) is 1.82. The van der Waals surface area contributed by atoms with Crippen LogP contribution in [0.5, 0.6) is 0 Å². The molecule has 2 rings (SSSR count). The molecule has 0 aliphatic heterocycles. The highest BCUT2D eigenvalue weighted by Gasteiger charge is 2.12. The summed E-state index contributed by atoms with van der Waals surface area (Å²) in [4.78, 5) is 24.9. The summed E-state index contributed by atoms with van der Waals surface area (Å²) in [7, 11) is -4.44. The van der Waals surface area contributed by atoms with E-state index in [1.807, 2.05) is 0 Å². The molecule has 19 heavy (non-hydrogen) atoms. The molecule has 10 heteroatoms. The SMILES string of the molecule is Nc1ncnc2c1ccn2COCCOP(=O)(O)O. The van der Waals surface area contributed by atoms with Crippen LogP contribution < -0.4 is 5.73 Å². The lowest BCUT2D eigenvalue weighted by Crippen LogP contribution is -2.07. The third-order valence-corrected chi connectivity index (χ3v) is 2.82. The summed E-state index contributed by atoms with van der Waals surface area (Å²) in [6.45, 7) is 0.0242. The van der Waals surface area contributed by atoms with E-state index in [0.717, 1.165) is 5.39 Å². The first-order chi connectivity index (χ1) is 8.97. The Morgan fingerprint density at radius 2 is 2.16 bits per heavy atom. The van der Waals surface area contributed by atoms with Gasteiger partial charge in [-0.1, -0.05) is 0 Å². The summed E-state index contributed by atoms with van der Waals surface area (Å²) in [5.74, 6) is 0.383. The monoisotopic (exact) mass is 288 g/mol. The topological polar surface area (TPSA) is 133 Å². The van der Waals surface area contributed by atoms with Gasteiger partial charge in [0.05, 0.1) is 18.6 Å². The van der Waals surface area contributed by atoms with Gasteiger partial charge in [0, 0.05) is 6.20 Å². The third kappa shape index (κ3) is 3.72. The van der Waals surface area contributed by atoms with Gasteiger partial charge in [-0.2, -0.15) is 0 Å². The van der Waals surface area contributed by atoms with Crippen LogP contribution in [0.25, 0.3) is 11.0 Å². The Hall–Kier alpha value is -1.51. The van der Waals surface area contributed by atoms with Crippen LogP contribution in [0.15, 0.2) is 18.6 Å². The number of phosphoric ester groups is 1. The number of rotatable bonds is 6. The standard InChI is InChI=1S/C9H13N4O5P/c10-8-7-1-2-13(9(7)12-5-11-8)6-17-3-4-18-19(14,15)16/h1-2,5H,3-4,6H2,(H2,10,11,12)(H2,14,15,16). The molecular formula is C9H13N4O5P. The Labute approximate surface area is 108 Å². The molecule has 104 valence electrons. The average Bonchev–Trinajstić information content (AvgIpc) is 2.72. The number of nitrogens with two attached hydrogens (primary N) is 1. The Bertz CT molecular complexity index is 610. The van der Waals surface area contributed by atoms with Crippen LogP contribution in [0.2, 0.25) is 0 Å². The van der Waals surface area contributed by atoms with Crippen LogP contribution in [0.1, 0.15) is 0 Å². The second kappa shape index (κ2) is 5.64. The zero-order valence-electron chi connectivity index (χ0n) is 9.84. The van der Waals surface area contributed by atoms with Crippen LogP contribution in [0.4, 0.5) is 5.82 Å². The highest BCUT2D eigenvalue weighted by Crippen LogP contribution is 2.35. The Morgan fingerprint density at radius 1 is 1.37 bits per heavy atom. The molecule has 0 fully saturated rings. The van der Waals surface area contributed by atoms with Crippen LogP contribution in [-0.2, 0) is 20.6 Å². The first-order valence-corrected chi connectivity index (χ1v) is 6.83. The number of hydrogen-bond donors (Lipinski definition) is 3. The number of phosphoric acid groups is 1. The van der Waals surface area contributed by atoms with Crippen molar-refractivity contribution in [3.63, 3.8) is 0 Å². The molecule has 9 nitrogen and oxygen atoms in total. The van der Waals surface area contributed by atoms with Gasteiger partial charge < -0.3 is 24.8 Å². The summed E-state index contributed by atoms with van der Waals surface area (Å²) in [6, 6.07) is 1.76. The van der Waals surface area contributed by atoms with E-state index in [2.05, 4.69) is 14.5 Å². The van der Waals surface area contributed by atoms with E-state index < -0.39 is 7.82 Å². The minimum Gasteiger partial charge on any atom is -0.383 e. The van der Waals surface area contributed by atoms with Gasteiger partial charge in [0.1, 0.15) is 24.5 Å². The first kappa shape index (κ1) is 13.9. The van der Waals surface area contributed by atoms with Gasteiger partial charge in [-0.15, -0.1) is 0 Å². The lowest BCUT2D eigenvalue weighted by molar-refractivity contribution is 0.0477. The fourth-order valence-electron chi connectivity index (χ4n) is 1.51. The maximum atomic E-state index is 10.4. The molecule has 4 N–H and O–H groups in total. The summed E-state index contributed by atoms with van der Waals surface area (Å²) in [6.07, 6.45) is 3.09. The van der Waals surface area contributed by atoms with Gasteiger partial charge in [0.15, 0.2) is 0 Å². The number of ether oxygens (including phenoxy) is 1. The Balaban J connectivity index is 1.89. The molecule has 0 saturated heterocycles. The maximum Gasteiger partial charge on any atom is 0.469 e. The van der Waals surface area contributed by atoms with Gasteiger partial charge in [-0.25, -0.2) is 14.5 Å². The molecule has 0 atom stereocenters. The number of nitrogens with zero attached hydrogens (tertiary/aromatic N) is 3. The van der Waals surface area contributed by atoms with Crippen molar-refractivity contribution in [2.45, 2.75) is 6.73 Å². The zero-order chi connectivity index (χ0) is 13.9. The van der Waals surface area contributed by atoms with Crippen molar-refractivity contribution in [2.75, 3.05) is 18.9 Å². The van der Waals surface area contributed by atoms with Gasteiger partial charge >= 0.3 is 7.82 Å². The molecule has 0 radical (unpaired) electrons. The van der Waals surface area contributed by atoms with Crippen LogP contribution in [0.3, 0.4) is 0 Å². The molecular weight excluding hydrogens is 275 g/mol. The van der Waals surface area contributed by atoms with Crippen molar-refractivity contribution < 1.29 is 23.6 Å². The van der Waals surface area contributed by atoms with Crippen LogP contribution >= 0.6 is 7.82 Å². The Kier molecular flexibility index (Phi) is 4.13. The molecule has 2 aromatic heterocycles. The molecule has 2 heterocycles. The van der Waals surface area contributed by atoms with Crippen molar-refractivity contribution in [1.29, 1.82) is 0 Å². The molecule has 0 unspecified atom stereocenters. The second-order valence-electron chi connectivity index (χ2n) is 3.64. The molecule has 0 aromatic carbocycles. The van der Waals surface area contributed by atoms with Gasteiger partial charge in [-0.3, -0.25) is 4.52 Å². The molecule has 0 spiro atoms. The van der Waals surface area contributed by atoms with Gasteiger partial charge in [-0.05, 0) is 6.07 Å². The number of fused-ring (bicyclic) bond motifs is 1. The van der Waals surface area contributed by atoms with E-state index in [-0.39, 0.29) is 19.9 Å². The van der Waals surface area contributed by atoms with Crippen LogP contribution in [-0.4, -0.2) is 37.5 Å². The summed E-state index contributed by atoms with van der Waals surface area (Å²) in [5, 5.41) is 0.720. The van der Waals surface area contributed by atoms with E-state index >= 15 is 0 Å².